The van der Waals surface area contributed by atoms with Gasteiger partial charge in [-0.1, -0.05) is 12.1 Å². The number of Topliss-reactive ketones (excluding diaryl/α,β-unsaturated/α-hetero) is 1. The molecule has 92 valence electrons. The highest BCUT2D eigenvalue weighted by Crippen LogP contribution is 2.22. The van der Waals surface area contributed by atoms with Crippen molar-refractivity contribution < 1.29 is 4.79 Å². The van der Waals surface area contributed by atoms with E-state index in [1.54, 1.807) is 6.20 Å². The smallest absolute Gasteiger partial charge is 0.179 e. The molecule has 0 radical (unpaired) electrons. The van der Waals surface area contributed by atoms with Gasteiger partial charge in [0.2, 0.25) is 0 Å². The number of ketones is 1. The number of aromatic nitrogens is 2. The van der Waals surface area contributed by atoms with Crippen molar-refractivity contribution in [3.63, 3.8) is 0 Å². The molecule has 18 heavy (non-hydrogen) atoms. The molecule has 0 aliphatic rings. The second-order valence-electron chi connectivity index (χ2n) is 4.33. The van der Waals surface area contributed by atoms with Crippen LogP contribution in [0.4, 0.5) is 0 Å². The zero-order chi connectivity index (χ0) is 13.3. The van der Waals surface area contributed by atoms with E-state index in [0.29, 0.717) is 5.69 Å². The maximum atomic E-state index is 11.4. The first-order valence-corrected chi connectivity index (χ1v) is 6.27. The van der Waals surface area contributed by atoms with Gasteiger partial charge < -0.3 is 0 Å². The number of carbonyl (C=O) groups excluding carboxylic acids is 1. The molecule has 2 aromatic rings. The molecule has 0 fully saturated rings. The van der Waals surface area contributed by atoms with Crippen molar-refractivity contribution in [2.75, 3.05) is 0 Å². The Morgan fingerprint density at radius 3 is 2.50 bits per heavy atom. The number of carbonyl (C=O) groups is 1. The van der Waals surface area contributed by atoms with Crippen molar-refractivity contribution in [1.29, 1.82) is 0 Å². The Balaban J connectivity index is 2.65. The van der Waals surface area contributed by atoms with Crippen molar-refractivity contribution in [1.82, 2.24) is 9.97 Å². The SMILES string of the molecule is CC(=O)c1cncc(-c2c(C)ccc(C)c2P)n1. The van der Waals surface area contributed by atoms with Gasteiger partial charge >= 0.3 is 0 Å². The molecule has 4 heteroatoms. The lowest BCUT2D eigenvalue weighted by Gasteiger charge is -2.11. The minimum absolute atomic E-state index is 0.0695. The highest BCUT2D eigenvalue weighted by atomic mass is 31.0. The summed E-state index contributed by atoms with van der Waals surface area (Å²) in [5.41, 5.74) is 4.48. The number of aryl methyl sites for hydroxylation is 2. The largest absolute Gasteiger partial charge is 0.293 e. The number of hydrogen-bond acceptors (Lipinski definition) is 3. The molecule has 0 N–H and O–H groups in total. The van der Waals surface area contributed by atoms with Crippen molar-refractivity contribution in [3.05, 3.63) is 41.3 Å². The third kappa shape index (κ3) is 2.32. The van der Waals surface area contributed by atoms with E-state index in [0.717, 1.165) is 22.1 Å². The Kier molecular flexibility index (Phi) is 3.53. The van der Waals surface area contributed by atoms with Gasteiger partial charge in [-0.2, -0.15) is 0 Å². The van der Waals surface area contributed by atoms with Crippen LogP contribution in [0.25, 0.3) is 11.3 Å². The average Bonchev–Trinajstić information content (AvgIpc) is 2.35. The zero-order valence-corrected chi connectivity index (χ0v) is 11.8. The third-order valence-corrected chi connectivity index (χ3v) is 3.67. The van der Waals surface area contributed by atoms with Gasteiger partial charge in [0.25, 0.3) is 0 Å². The van der Waals surface area contributed by atoms with Crippen molar-refractivity contribution in [2.24, 2.45) is 0 Å². The Morgan fingerprint density at radius 1 is 1.17 bits per heavy atom. The van der Waals surface area contributed by atoms with E-state index in [2.05, 4.69) is 31.3 Å². The van der Waals surface area contributed by atoms with Crippen LogP contribution in [0.5, 0.6) is 0 Å². The Bertz CT molecular complexity index is 623. The second kappa shape index (κ2) is 4.95. The number of benzene rings is 1. The highest BCUT2D eigenvalue weighted by molar-refractivity contribution is 7.28. The highest BCUT2D eigenvalue weighted by Gasteiger charge is 2.11. The molecule has 1 unspecified atom stereocenters. The summed E-state index contributed by atoms with van der Waals surface area (Å²) in [6.45, 7) is 5.58. The molecule has 2 rings (SSSR count). The van der Waals surface area contributed by atoms with Crippen LogP contribution in [-0.4, -0.2) is 15.8 Å². The van der Waals surface area contributed by atoms with E-state index in [1.807, 2.05) is 13.8 Å². The Morgan fingerprint density at radius 2 is 1.83 bits per heavy atom. The molecule has 0 aliphatic heterocycles. The lowest BCUT2D eigenvalue weighted by atomic mass is 10.0. The summed E-state index contributed by atoms with van der Waals surface area (Å²) < 4.78 is 0. The van der Waals surface area contributed by atoms with Gasteiger partial charge in [0.05, 0.1) is 18.1 Å². The number of nitrogens with zero attached hydrogens (tertiary/aromatic N) is 2. The fourth-order valence-electron chi connectivity index (χ4n) is 1.83. The molecule has 0 saturated carbocycles. The van der Waals surface area contributed by atoms with Crippen LogP contribution in [0.2, 0.25) is 0 Å². The Hall–Kier alpha value is -1.60. The predicted octanol–water partition coefficient (Wildman–Crippen LogP) is 2.46. The molecule has 0 amide bonds. The van der Waals surface area contributed by atoms with Crippen LogP contribution in [0, 0.1) is 13.8 Å². The first-order valence-electron chi connectivity index (χ1n) is 5.69. The van der Waals surface area contributed by atoms with Gasteiger partial charge in [-0.25, -0.2) is 4.98 Å². The zero-order valence-electron chi connectivity index (χ0n) is 10.7. The van der Waals surface area contributed by atoms with Gasteiger partial charge in [0.1, 0.15) is 5.69 Å². The van der Waals surface area contributed by atoms with Crippen LogP contribution in [0.3, 0.4) is 0 Å². The van der Waals surface area contributed by atoms with Crippen LogP contribution < -0.4 is 5.30 Å². The van der Waals surface area contributed by atoms with Gasteiger partial charge in [0.15, 0.2) is 5.78 Å². The summed E-state index contributed by atoms with van der Waals surface area (Å²) in [5.74, 6) is -0.0695. The number of hydrogen-bond donors (Lipinski definition) is 0. The van der Waals surface area contributed by atoms with Crippen molar-refractivity contribution in [3.8, 4) is 11.3 Å². The lowest BCUT2D eigenvalue weighted by molar-refractivity contribution is 0.101. The van der Waals surface area contributed by atoms with Gasteiger partial charge in [-0.3, -0.25) is 9.78 Å². The van der Waals surface area contributed by atoms with Gasteiger partial charge in [-0.05, 0) is 30.3 Å². The van der Waals surface area contributed by atoms with Crippen LogP contribution in [-0.2, 0) is 0 Å². The summed E-state index contributed by atoms with van der Waals surface area (Å²) in [6, 6.07) is 4.13. The van der Waals surface area contributed by atoms with Crippen LogP contribution in [0.15, 0.2) is 24.5 Å². The molecule has 1 aromatic heterocycles. The molecule has 1 heterocycles. The summed E-state index contributed by atoms with van der Waals surface area (Å²) in [5, 5.41) is 1.10. The van der Waals surface area contributed by atoms with Gasteiger partial charge in [-0.15, -0.1) is 9.24 Å². The molecular weight excluding hydrogens is 243 g/mol. The lowest BCUT2D eigenvalue weighted by Crippen LogP contribution is -2.07. The number of rotatable bonds is 2. The second-order valence-corrected chi connectivity index (χ2v) is 4.91. The molecule has 1 atom stereocenters. The van der Waals surface area contributed by atoms with Crippen LogP contribution in [0.1, 0.15) is 28.5 Å². The summed E-state index contributed by atoms with van der Waals surface area (Å²) >= 11 is 0. The maximum absolute atomic E-state index is 11.4. The topological polar surface area (TPSA) is 42.9 Å². The maximum Gasteiger partial charge on any atom is 0.179 e. The fraction of sp³-hybridized carbons (Fsp3) is 0.214. The first kappa shape index (κ1) is 12.8. The fourth-order valence-corrected chi connectivity index (χ4v) is 2.30. The molecule has 0 spiro atoms. The van der Waals surface area contributed by atoms with Crippen molar-refractivity contribution >= 4 is 20.3 Å². The third-order valence-electron chi connectivity index (χ3n) is 2.92. The van der Waals surface area contributed by atoms with E-state index in [9.17, 15) is 4.79 Å². The standard InChI is InChI=1S/C14H15N2OP/c1-8-4-5-9(2)14(18)13(8)12-7-15-6-11(16-12)10(3)17/h4-7H,18H2,1-3H3. The summed E-state index contributed by atoms with van der Waals surface area (Å²) in [6.07, 6.45) is 3.20. The molecule has 1 aromatic carbocycles. The minimum Gasteiger partial charge on any atom is -0.293 e. The van der Waals surface area contributed by atoms with E-state index in [-0.39, 0.29) is 5.78 Å². The normalized spacial score (nSPS) is 10.4. The van der Waals surface area contributed by atoms with E-state index >= 15 is 0 Å². The van der Waals surface area contributed by atoms with E-state index in [1.165, 1.54) is 18.7 Å². The van der Waals surface area contributed by atoms with E-state index < -0.39 is 0 Å². The summed E-state index contributed by atoms with van der Waals surface area (Å²) in [7, 11) is 2.74. The monoisotopic (exact) mass is 258 g/mol. The average molecular weight is 258 g/mol. The summed E-state index contributed by atoms with van der Waals surface area (Å²) in [4.78, 5) is 19.8. The predicted molar refractivity (Wildman–Crippen MR) is 76.3 cm³/mol. The molecular formula is C14H15N2OP. The first-order chi connectivity index (χ1) is 8.50. The molecule has 0 saturated heterocycles. The minimum atomic E-state index is -0.0695. The molecule has 0 bridgehead atoms. The quantitative estimate of drug-likeness (QED) is 0.614. The van der Waals surface area contributed by atoms with Gasteiger partial charge in [0, 0.05) is 12.5 Å². The van der Waals surface area contributed by atoms with Crippen molar-refractivity contribution in [2.45, 2.75) is 20.8 Å². The van der Waals surface area contributed by atoms with Crippen LogP contribution >= 0.6 is 9.24 Å². The Labute approximate surface area is 109 Å². The molecule has 0 aliphatic carbocycles. The molecule has 3 nitrogen and oxygen atoms in total. The van der Waals surface area contributed by atoms with E-state index in [4.69, 9.17) is 0 Å².